The predicted octanol–water partition coefficient (Wildman–Crippen LogP) is 1.69. The smallest absolute Gasteiger partial charge is 0.311 e. The largest absolute Gasteiger partial charge is 0.412 e. The quantitative estimate of drug-likeness (QED) is 0.707. The molecule has 0 unspecified atom stereocenters. The molecule has 0 saturated carbocycles. The third kappa shape index (κ3) is 4.26. The molecule has 2 fully saturated rings. The summed E-state index contributed by atoms with van der Waals surface area (Å²) in [5.41, 5.74) is 0.579. The maximum Gasteiger partial charge on any atom is 0.311 e. The second-order valence-corrected chi connectivity index (χ2v) is 9.57. The molecule has 1 aromatic heterocycles. The summed E-state index contributed by atoms with van der Waals surface area (Å²) in [4.78, 5) is 16.9. The van der Waals surface area contributed by atoms with E-state index in [0.29, 0.717) is 31.7 Å². The summed E-state index contributed by atoms with van der Waals surface area (Å²) in [6.45, 7) is 7.12. The van der Waals surface area contributed by atoms with Crippen molar-refractivity contribution in [3.63, 3.8) is 0 Å². The van der Waals surface area contributed by atoms with Crippen LogP contribution in [0.3, 0.4) is 0 Å². The van der Waals surface area contributed by atoms with Crippen molar-refractivity contribution in [3.8, 4) is 11.5 Å². The number of carbonyl (C=O) groups is 1. The van der Waals surface area contributed by atoms with Gasteiger partial charge in [-0.2, -0.15) is 4.31 Å². The fraction of sp³-hybridized carbons (Fsp3) is 0.550. The molecule has 30 heavy (non-hydrogen) atoms. The van der Waals surface area contributed by atoms with Gasteiger partial charge >= 0.3 is 11.8 Å². The highest BCUT2D eigenvalue weighted by Gasteiger charge is 2.27. The van der Waals surface area contributed by atoms with E-state index in [1.165, 1.54) is 4.31 Å². The van der Waals surface area contributed by atoms with Gasteiger partial charge in [-0.15, -0.1) is 10.2 Å². The molecule has 2 saturated heterocycles. The Morgan fingerprint density at radius 1 is 0.967 bits per heavy atom. The SMILES string of the molecule is CCN1CCN(C(=O)c2nnc(-c3ccc(S(=O)(=O)N4CCCCC4)cc3)o2)CC1. The van der Waals surface area contributed by atoms with Crippen LogP contribution >= 0.6 is 0 Å². The minimum Gasteiger partial charge on any atom is -0.412 e. The number of nitrogens with zero attached hydrogens (tertiary/aromatic N) is 5. The van der Waals surface area contributed by atoms with E-state index >= 15 is 0 Å². The fourth-order valence-corrected chi connectivity index (χ4v) is 5.37. The molecule has 162 valence electrons. The molecule has 2 aliphatic heterocycles. The van der Waals surface area contributed by atoms with E-state index < -0.39 is 10.0 Å². The first kappa shape index (κ1) is 21.0. The maximum atomic E-state index is 12.8. The summed E-state index contributed by atoms with van der Waals surface area (Å²) in [6, 6.07) is 6.38. The second-order valence-electron chi connectivity index (χ2n) is 7.63. The number of hydrogen-bond acceptors (Lipinski definition) is 7. The number of rotatable bonds is 5. The molecule has 10 heteroatoms. The van der Waals surface area contributed by atoms with Gasteiger partial charge in [0.1, 0.15) is 0 Å². The normalized spacial score (nSPS) is 19.2. The zero-order valence-corrected chi connectivity index (χ0v) is 18.0. The number of hydrogen-bond donors (Lipinski definition) is 0. The first-order valence-electron chi connectivity index (χ1n) is 10.4. The third-order valence-corrected chi connectivity index (χ3v) is 7.68. The Morgan fingerprint density at radius 2 is 1.63 bits per heavy atom. The topological polar surface area (TPSA) is 99.8 Å². The van der Waals surface area contributed by atoms with Crippen molar-refractivity contribution in [2.75, 3.05) is 45.8 Å². The average molecular weight is 434 g/mol. The Kier molecular flexibility index (Phi) is 6.16. The predicted molar refractivity (Wildman–Crippen MR) is 110 cm³/mol. The number of piperazine rings is 1. The molecular formula is C20H27N5O4S. The Bertz CT molecular complexity index is 975. The Morgan fingerprint density at radius 3 is 2.27 bits per heavy atom. The van der Waals surface area contributed by atoms with Crippen LogP contribution in [-0.4, -0.2) is 84.4 Å². The summed E-state index contributed by atoms with van der Waals surface area (Å²) < 4.78 is 32.7. The molecule has 3 heterocycles. The third-order valence-electron chi connectivity index (χ3n) is 5.77. The highest BCUT2D eigenvalue weighted by atomic mass is 32.2. The van der Waals surface area contributed by atoms with E-state index in [4.69, 9.17) is 4.42 Å². The van der Waals surface area contributed by atoms with E-state index in [2.05, 4.69) is 22.0 Å². The van der Waals surface area contributed by atoms with Crippen LogP contribution in [0.15, 0.2) is 33.6 Å². The monoisotopic (exact) mass is 433 g/mol. The van der Waals surface area contributed by atoms with E-state index in [9.17, 15) is 13.2 Å². The van der Waals surface area contributed by atoms with Crippen molar-refractivity contribution in [2.24, 2.45) is 0 Å². The molecule has 0 bridgehead atoms. The molecule has 2 aliphatic rings. The van der Waals surface area contributed by atoms with Crippen LogP contribution in [-0.2, 0) is 10.0 Å². The standard InChI is InChI=1S/C20H27N5O4S/c1-2-23-12-14-24(15-13-23)20(26)19-22-21-18(29-19)16-6-8-17(9-7-16)30(27,28)25-10-4-3-5-11-25/h6-9H,2-5,10-15H2,1H3. The summed E-state index contributed by atoms with van der Waals surface area (Å²) in [6.07, 6.45) is 2.85. The molecule has 1 aromatic carbocycles. The van der Waals surface area contributed by atoms with Gasteiger partial charge in [0.15, 0.2) is 0 Å². The van der Waals surface area contributed by atoms with Gasteiger partial charge in [-0.3, -0.25) is 4.79 Å². The van der Waals surface area contributed by atoms with Crippen LogP contribution in [0.5, 0.6) is 0 Å². The van der Waals surface area contributed by atoms with Crippen LogP contribution in [0.2, 0.25) is 0 Å². The lowest BCUT2D eigenvalue weighted by Crippen LogP contribution is -2.48. The molecule has 0 spiro atoms. The van der Waals surface area contributed by atoms with Gasteiger partial charge in [0.25, 0.3) is 0 Å². The van der Waals surface area contributed by atoms with E-state index in [0.717, 1.165) is 38.9 Å². The zero-order chi connectivity index (χ0) is 21.1. The van der Waals surface area contributed by atoms with Crippen molar-refractivity contribution < 1.29 is 17.6 Å². The van der Waals surface area contributed by atoms with Gasteiger partial charge in [-0.05, 0) is 43.7 Å². The van der Waals surface area contributed by atoms with Crippen molar-refractivity contribution in [3.05, 3.63) is 30.2 Å². The molecule has 1 amide bonds. The summed E-state index contributed by atoms with van der Waals surface area (Å²) in [5.74, 6) is -0.110. The van der Waals surface area contributed by atoms with Crippen LogP contribution in [0.25, 0.3) is 11.5 Å². The molecule has 4 rings (SSSR count). The van der Waals surface area contributed by atoms with Gasteiger partial charge in [0.05, 0.1) is 4.90 Å². The lowest BCUT2D eigenvalue weighted by atomic mass is 10.2. The van der Waals surface area contributed by atoms with Crippen LogP contribution in [0.1, 0.15) is 36.9 Å². The summed E-state index contributed by atoms with van der Waals surface area (Å²) >= 11 is 0. The number of benzene rings is 1. The van der Waals surface area contributed by atoms with Crippen molar-refractivity contribution in [2.45, 2.75) is 31.1 Å². The van der Waals surface area contributed by atoms with E-state index in [1.807, 2.05) is 0 Å². The molecular weight excluding hydrogens is 406 g/mol. The van der Waals surface area contributed by atoms with Crippen LogP contribution < -0.4 is 0 Å². The zero-order valence-electron chi connectivity index (χ0n) is 17.2. The lowest BCUT2D eigenvalue weighted by Gasteiger charge is -2.33. The van der Waals surface area contributed by atoms with Gasteiger partial charge in [0, 0.05) is 44.8 Å². The number of likely N-dealkylation sites (N-methyl/N-ethyl adjacent to an activating group) is 1. The maximum absolute atomic E-state index is 12.8. The molecule has 0 N–H and O–H groups in total. The fourth-order valence-electron chi connectivity index (χ4n) is 3.85. The minimum atomic E-state index is -3.49. The Hall–Kier alpha value is -2.30. The van der Waals surface area contributed by atoms with Crippen LogP contribution in [0, 0.1) is 0 Å². The number of carbonyl (C=O) groups excluding carboxylic acids is 1. The molecule has 0 aliphatic carbocycles. The lowest BCUT2D eigenvalue weighted by molar-refractivity contribution is 0.0605. The Labute approximate surface area is 176 Å². The van der Waals surface area contributed by atoms with E-state index in [1.54, 1.807) is 29.2 Å². The Balaban J connectivity index is 1.45. The molecule has 9 nitrogen and oxygen atoms in total. The van der Waals surface area contributed by atoms with Gasteiger partial charge in [-0.25, -0.2) is 8.42 Å². The highest BCUT2D eigenvalue weighted by molar-refractivity contribution is 7.89. The van der Waals surface area contributed by atoms with Gasteiger partial charge in [0.2, 0.25) is 15.9 Å². The van der Waals surface area contributed by atoms with Crippen molar-refractivity contribution >= 4 is 15.9 Å². The second kappa shape index (κ2) is 8.83. The number of amides is 1. The average Bonchev–Trinajstić information content (AvgIpc) is 3.30. The first-order chi connectivity index (χ1) is 14.5. The van der Waals surface area contributed by atoms with Crippen LogP contribution in [0.4, 0.5) is 0 Å². The summed E-state index contributed by atoms with van der Waals surface area (Å²) in [5, 5.41) is 7.88. The molecule has 0 radical (unpaired) electrons. The number of aromatic nitrogens is 2. The number of sulfonamides is 1. The van der Waals surface area contributed by atoms with Gasteiger partial charge < -0.3 is 14.2 Å². The van der Waals surface area contributed by atoms with Gasteiger partial charge in [-0.1, -0.05) is 13.3 Å². The minimum absolute atomic E-state index is 0.0417. The first-order valence-corrected chi connectivity index (χ1v) is 11.9. The number of piperidine rings is 1. The highest BCUT2D eigenvalue weighted by Crippen LogP contribution is 2.24. The molecule has 0 atom stereocenters. The molecule has 2 aromatic rings. The van der Waals surface area contributed by atoms with E-state index in [-0.39, 0.29) is 22.6 Å². The van der Waals surface area contributed by atoms with Crippen molar-refractivity contribution in [1.29, 1.82) is 0 Å². The van der Waals surface area contributed by atoms with Crippen molar-refractivity contribution in [1.82, 2.24) is 24.3 Å². The summed E-state index contributed by atoms with van der Waals surface area (Å²) in [7, 11) is -3.49.